The van der Waals surface area contributed by atoms with Crippen LogP contribution in [0, 0.1) is 23.2 Å². The summed E-state index contributed by atoms with van der Waals surface area (Å²) in [6, 6.07) is 13.1. The molecule has 4 rings (SSSR count). The number of ketones is 1. The number of rotatable bonds is 11. The molecule has 2 aromatic carbocycles. The van der Waals surface area contributed by atoms with Gasteiger partial charge in [0.1, 0.15) is 5.75 Å². The highest BCUT2D eigenvalue weighted by Gasteiger charge is 2.41. The number of halogens is 1. The van der Waals surface area contributed by atoms with Crippen molar-refractivity contribution < 1.29 is 22.7 Å². The topological polar surface area (TPSA) is 129 Å². The Kier molecular flexibility index (Phi) is 10.7. The van der Waals surface area contributed by atoms with Crippen LogP contribution in [0.2, 0.25) is 0 Å². The molecule has 3 atom stereocenters. The van der Waals surface area contributed by atoms with Crippen LogP contribution in [0.1, 0.15) is 76.8 Å². The average molecular weight is 684 g/mol. The van der Waals surface area contributed by atoms with Gasteiger partial charge in [-0.1, -0.05) is 32.4 Å². The maximum Gasteiger partial charge on any atom is 0.232 e. The molecule has 0 saturated heterocycles. The van der Waals surface area contributed by atoms with Crippen LogP contribution in [0.3, 0.4) is 0 Å². The lowest BCUT2D eigenvalue weighted by atomic mass is 9.70. The van der Waals surface area contributed by atoms with Crippen LogP contribution in [-0.2, 0) is 26.2 Å². The van der Waals surface area contributed by atoms with E-state index in [-0.39, 0.29) is 35.6 Å². The van der Waals surface area contributed by atoms with E-state index in [9.17, 15) is 23.3 Å². The summed E-state index contributed by atoms with van der Waals surface area (Å²) < 4.78 is 34.8. The van der Waals surface area contributed by atoms with Gasteiger partial charge in [0.15, 0.2) is 5.78 Å². The molecule has 0 bridgehead atoms. The molecule has 3 unspecified atom stereocenters. The maximum atomic E-state index is 13.6. The zero-order chi connectivity index (χ0) is 32.2. The summed E-state index contributed by atoms with van der Waals surface area (Å²) in [7, 11) is -2.23. The van der Waals surface area contributed by atoms with Crippen LogP contribution in [0.15, 0.2) is 57.1 Å². The number of nitrogens with zero attached hydrogens (tertiary/aromatic N) is 3. The quantitative estimate of drug-likeness (QED) is 0.275. The molecule has 44 heavy (non-hydrogen) atoms. The van der Waals surface area contributed by atoms with Gasteiger partial charge >= 0.3 is 0 Å². The molecule has 0 radical (unpaired) electrons. The lowest BCUT2D eigenvalue weighted by Gasteiger charge is -2.35. The van der Waals surface area contributed by atoms with Gasteiger partial charge in [0.05, 0.1) is 42.8 Å². The van der Waals surface area contributed by atoms with Crippen LogP contribution in [-0.4, -0.2) is 38.7 Å². The van der Waals surface area contributed by atoms with E-state index >= 15 is 0 Å². The summed E-state index contributed by atoms with van der Waals surface area (Å²) >= 11 is 3.64. The monoisotopic (exact) mass is 682 g/mol. The number of methoxy groups -OCH3 is 1. The Bertz CT molecular complexity index is 1660. The second-order valence-electron chi connectivity index (χ2n) is 11.5. The van der Waals surface area contributed by atoms with Gasteiger partial charge in [-0.05, 0) is 83.4 Å². The summed E-state index contributed by atoms with van der Waals surface area (Å²) in [6.07, 6.45) is 3.33. The highest BCUT2D eigenvalue weighted by Crippen LogP contribution is 2.48. The molecule has 0 fully saturated rings. The number of amides is 1. The van der Waals surface area contributed by atoms with E-state index in [1.165, 1.54) is 11.8 Å². The van der Waals surface area contributed by atoms with Crippen LogP contribution in [0.5, 0.6) is 5.75 Å². The fourth-order valence-corrected chi connectivity index (χ4v) is 8.04. The molecule has 2 aliphatic rings. The lowest BCUT2D eigenvalue weighted by Crippen LogP contribution is -2.33. The summed E-state index contributed by atoms with van der Waals surface area (Å²) in [5.41, 5.74) is 3.76. The van der Waals surface area contributed by atoms with E-state index < -0.39 is 21.9 Å². The van der Waals surface area contributed by atoms with Crippen molar-refractivity contribution in [2.45, 2.75) is 72.3 Å². The first kappa shape index (κ1) is 33.4. The normalized spacial score (nSPS) is 20.0. The molecular formula is C33H39BrN4O5S. The van der Waals surface area contributed by atoms with Crippen LogP contribution >= 0.6 is 15.9 Å². The van der Waals surface area contributed by atoms with Crippen molar-refractivity contribution in [3.63, 3.8) is 0 Å². The lowest BCUT2D eigenvalue weighted by molar-refractivity contribution is -0.118. The Hall–Kier alpha value is -3.49. The van der Waals surface area contributed by atoms with E-state index in [2.05, 4.69) is 33.6 Å². The first-order valence-electron chi connectivity index (χ1n) is 14.9. The van der Waals surface area contributed by atoms with Crippen molar-refractivity contribution in [2.75, 3.05) is 22.5 Å². The van der Waals surface area contributed by atoms with Crippen molar-refractivity contribution >= 4 is 54.7 Å². The minimum atomic E-state index is -3.79. The first-order chi connectivity index (χ1) is 20.9. The predicted octanol–water partition coefficient (Wildman–Crippen LogP) is 6.89. The molecule has 234 valence electrons. The number of hydrogen-bond acceptors (Lipinski definition) is 7. The molecule has 0 aromatic heterocycles. The number of ether oxygens (including phenoxy) is 1. The number of anilines is 2. The number of nitrogens with one attached hydrogen (secondary N) is 1. The van der Waals surface area contributed by atoms with Crippen molar-refractivity contribution in [1.82, 2.24) is 0 Å². The average Bonchev–Trinajstić information content (AvgIpc) is 2.95. The number of carbonyl (C=O) groups is 2. The fraction of sp³-hybridized carbons (Fsp3) is 0.455. The van der Waals surface area contributed by atoms with Crippen molar-refractivity contribution in [3.05, 3.63) is 63.3 Å². The van der Waals surface area contributed by atoms with Crippen LogP contribution in [0.25, 0.3) is 0 Å². The molecule has 1 amide bonds. The van der Waals surface area contributed by atoms with Crippen molar-refractivity contribution in [3.8, 4) is 11.8 Å². The molecule has 11 heteroatoms. The minimum absolute atomic E-state index is 0.0251. The number of sulfonamides is 1. The summed E-state index contributed by atoms with van der Waals surface area (Å²) in [5, 5.41) is 10.3. The van der Waals surface area contributed by atoms with Crippen molar-refractivity contribution in [1.29, 1.82) is 5.26 Å². The largest absolute Gasteiger partial charge is 0.497 e. The van der Waals surface area contributed by atoms with Gasteiger partial charge in [-0.2, -0.15) is 5.26 Å². The molecule has 1 aliphatic heterocycles. The number of hydrogen-bond donors (Lipinski definition) is 1. The molecule has 0 spiro atoms. The number of benzene rings is 2. The molecule has 0 saturated carbocycles. The Labute approximate surface area is 268 Å². The molecule has 9 nitrogen and oxygen atoms in total. The summed E-state index contributed by atoms with van der Waals surface area (Å²) in [5.74, 6) is -0.958. The minimum Gasteiger partial charge on any atom is -0.497 e. The second-order valence-corrected chi connectivity index (χ2v) is 14.2. The Balaban J connectivity index is 1.91. The Morgan fingerprint density at radius 3 is 2.59 bits per heavy atom. The van der Waals surface area contributed by atoms with E-state index in [0.29, 0.717) is 57.7 Å². The van der Waals surface area contributed by atoms with Gasteiger partial charge in [0.2, 0.25) is 15.9 Å². The number of Topliss-reactive ketones (excluding diaryl/α,β-unsaturated/α-hetero) is 1. The van der Waals surface area contributed by atoms with Gasteiger partial charge in [-0.15, -0.1) is 0 Å². The highest BCUT2D eigenvalue weighted by molar-refractivity contribution is 9.10. The molecule has 1 aliphatic carbocycles. The first-order valence-corrected chi connectivity index (χ1v) is 17.3. The third-order valence-corrected chi connectivity index (χ3v) is 10.2. The van der Waals surface area contributed by atoms with E-state index in [1.807, 2.05) is 18.2 Å². The molecule has 1 heterocycles. The number of nitriles is 1. The van der Waals surface area contributed by atoms with Crippen LogP contribution in [0.4, 0.5) is 11.4 Å². The smallest absolute Gasteiger partial charge is 0.232 e. The summed E-state index contributed by atoms with van der Waals surface area (Å²) in [6.45, 7) is 7.24. The van der Waals surface area contributed by atoms with E-state index in [4.69, 9.17) is 9.73 Å². The second kappa shape index (κ2) is 14.1. The van der Waals surface area contributed by atoms with E-state index in [0.717, 1.165) is 18.4 Å². The van der Waals surface area contributed by atoms with Crippen LogP contribution < -0.4 is 14.4 Å². The van der Waals surface area contributed by atoms with Crippen molar-refractivity contribution in [2.24, 2.45) is 16.8 Å². The Morgan fingerprint density at radius 2 is 1.95 bits per heavy atom. The van der Waals surface area contributed by atoms with Gasteiger partial charge in [-0.3, -0.25) is 19.3 Å². The molecular weight excluding hydrogens is 644 g/mol. The van der Waals surface area contributed by atoms with Gasteiger partial charge < -0.3 is 9.64 Å². The van der Waals surface area contributed by atoms with E-state index in [1.54, 1.807) is 39.2 Å². The van der Waals surface area contributed by atoms with Gasteiger partial charge in [0, 0.05) is 40.7 Å². The number of aliphatic imine (C=N–C) groups is 1. The van der Waals surface area contributed by atoms with Gasteiger partial charge in [0.25, 0.3) is 0 Å². The number of allylic oxidation sites excluding steroid dienone is 2. The molecule has 1 N–H and O–H groups in total. The maximum absolute atomic E-state index is 13.6. The number of carbonyl (C=O) groups excluding carboxylic acids is 2. The highest BCUT2D eigenvalue weighted by atomic mass is 79.9. The zero-order valence-corrected chi connectivity index (χ0v) is 28.2. The third kappa shape index (κ3) is 7.24. The summed E-state index contributed by atoms with van der Waals surface area (Å²) in [4.78, 5) is 33.0. The fourth-order valence-electron chi connectivity index (χ4n) is 6.22. The SMILES string of the molecule is CCCC1CC(=O)C2=C(C1)N=C(C)C(C#N)C2c1cc(Br)c(N(Cc2cccc(OC)c2)C(C)=O)c(NS(=O)(=O)CCC)c1. The standard InChI is InChI=1S/C33H39BrN4O5S/c1-6-9-22-14-28-32(30(40)15-22)31(26(18-35)20(3)36-28)24-16-27(34)33(29(17-24)37-44(41,42)12-7-2)38(21(4)39)19-23-10-8-11-25(13-23)43-5/h8,10-11,13,16-17,22,26,31,37H,6-7,9,12,14-15,19H2,1-5H3. The Morgan fingerprint density at radius 1 is 1.20 bits per heavy atom. The molecule has 2 aromatic rings. The zero-order valence-electron chi connectivity index (χ0n) is 25.8. The van der Waals surface area contributed by atoms with Gasteiger partial charge in [-0.25, -0.2) is 8.42 Å². The predicted molar refractivity (Wildman–Crippen MR) is 176 cm³/mol. The third-order valence-electron chi connectivity index (χ3n) is 8.12.